The molecule has 0 aromatic heterocycles. The third kappa shape index (κ3) is 2.04. The van der Waals surface area contributed by atoms with Gasteiger partial charge in [-0.1, -0.05) is 6.07 Å². The maximum Gasteiger partial charge on any atom is 0.352 e. The molecule has 2 aliphatic heterocycles. The molecule has 1 fully saturated rings. The standard InChI is InChI=1S/C15H12N2O4S/c1-15(21-10-4-2-3-9(7-10)8-16)13(20)17-11(12(18)19)5-6-22-14(15)17/h2-5,7,14H,6H2,1H3,(H,18,19)/t14-,15?/m0/s1. The molecule has 1 unspecified atom stereocenters. The minimum Gasteiger partial charge on any atom is -0.477 e. The molecule has 0 bridgehead atoms. The van der Waals surface area contributed by atoms with Crippen molar-refractivity contribution in [2.75, 3.05) is 5.75 Å². The van der Waals surface area contributed by atoms with Gasteiger partial charge < -0.3 is 9.84 Å². The van der Waals surface area contributed by atoms with Crippen LogP contribution in [0.5, 0.6) is 5.75 Å². The van der Waals surface area contributed by atoms with Gasteiger partial charge in [0, 0.05) is 5.75 Å². The summed E-state index contributed by atoms with van der Waals surface area (Å²) >= 11 is 1.45. The zero-order valence-electron chi connectivity index (χ0n) is 11.6. The Morgan fingerprint density at radius 2 is 2.36 bits per heavy atom. The van der Waals surface area contributed by atoms with Crippen molar-refractivity contribution in [3.05, 3.63) is 41.6 Å². The lowest BCUT2D eigenvalue weighted by molar-refractivity contribution is -0.170. The molecule has 0 saturated carbocycles. The summed E-state index contributed by atoms with van der Waals surface area (Å²) in [6.07, 6.45) is 1.53. The molecule has 0 aliphatic carbocycles. The fourth-order valence-electron chi connectivity index (χ4n) is 2.58. The second-order valence-corrected chi connectivity index (χ2v) is 6.22. The van der Waals surface area contributed by atoms with Gasteiger partial charge in [-0.05, 0) is 31.2 Å². The predicted molar refractivity (Wildman–Crippen MR) is 79.0 cm³/mol. The van der Waals surface area contributed by atoms with Crippen molar-refractivity contribution in [3.8, 4) is 11.8 Å². The Morgan fingerprint density at radius 1 is 1.59 bits per heavy atom. The fourth-order valence-corrected chi connectivity index (χ4v) is 3.84. The molecule has 1 aromatic rings. The van der Waals surface area contributed by atoms with E-state index in [1.807, 2.05) is 6.07 Å². The molecule has 6 nitrogen and oxygen atoms in total. The molecule has 1 amide bonds. The van der Waals surface area contributed by atoms with Crippen molar-refractivity contribution < 1.29 is 19.4 Å². The van der Waals surface area contributed by atoms with E-state index >= 15 is 0 Å². The van der Waals surface area contributed by atoms with Gasteiger partial charge in [0.15, 0.2) is 0 Å². The Labute approximate surface area is 131 Å². The highest BCUT2D eigenvalue weighted by molar-refractivity contribution is 8.00. The lowest BCUT2D eigenvalue weighted by Gasteiger charge is -2.54. The number of nitrogens with zero attached hydrogens (tertiary/aromatic N) is 2. The van der Waals surface area contributed by atoms with Gasteiger partial charge in [0.25, 0.3) is 5.91 Å². The number of benzene rings is 1. The van der Waals surface area contributed by atoms with Gasteiger partial charge in [-0.25, -0.2) is 4.79 Å². The molecular weight excluding hydrogens is 304 g/mol. The van der Waals surface area contributed by atoms with Gasteiger partial charge in [0.05, 0.1) is 11.6 Å². The average Bonchev–Trinajstić information content (AvgIpc) is 2.53. The van der Waals surface area contributed by atoms with E-state index in [2.05, 4.69) is 0 Å². The van der Waals surface area contributed by atoms with Crippen molar-refractivity contribution in [2.24, 2.45) is 0 Å². The fraction of sp³-hybridized carbons (Fsp3) is 0.267. The first kappa shape index (κ1) is 14.5. The number of nitriles is 1. The third-order valence-electron chi connectivity index (χ3n) is 3.65. The number of β-lactam (4-membered cyclic amide) rings is 1. The molecule has 7 heteroatoms. The first-order chi connectivity index (χ1) is 10.5. The smallest absolute Gasteiger partial charge is 0.352 e. The van der Waals surface area contributed by atoms with Crippen molar-refractivity contribution in [1.29, 1.82) is 5.26 Å². The summed E-state index contributed by atoms with van der Waals surface area (Å²) in [4.78, 5) is 24.9. The molecule has 3 rings (SSSR count). The molecule has 1 N–H and O–H groups in total. The highest BCUT2D eigenvalue weighted by Gasteiger charge is 2.63. The van der Waals surface area contributed by atoms with Crippen LogP contribution in [-0.2, 0) is 9.59 Å². The Bertz CT molecular complexity index is 739. The maximum atomic E-state index is 12.4. The molecule has 1 aromatic carbocycles. The van der Waals surface area contributed by atoms with Crippen LogP contribution < -0.4 is 4.74 Å². The normalized spacial score (nSPS) is 26.4. The summed E-state index contributed by atoms with van der Waals surface area (Å²) in [7, 11) is 0. The highest BCUT2D eigenvalue weighted by atomic mass is 32.2. The summed E-state index contributed by atoms with van der Waals surface area (Å²) < 4.78 is 5.81. The Hall–Kier alpha value is -2.46. The van der Waals surface area contributed by atoms with E-state index in [1.54, 1.807) is 31.2 Å². The van der Waals surface area contributed by atoms with Gasteiger partial charge in [0.2, 0.25) is 5.60 Å². The minimum absolute atomic E-state index is 0.000556. The number of carbonyl (C=O) groups excluding carboxylic acids is 1. The van der Waals surface area contributed by atoms with Gasteiger partial charge in [-0.15, -0.1) is 11.8 Å². The maximum absolute atomic E-state index is 12.4. The van der Waals surface area contributed by atoms with Crippen LogP contribution in [-0.4, -0.2) is 38.6 Å². The number of ether oxygens (including phenoxy) is 1. The van der Waals surface area contributed by atoms with E-state index in [4.69, 9.17) is 15.1 Å². The molecule has 112 valence electrons. The molecule has 2 aliphatic rings. The molecule has 2 heterocycles. The number of amides is 1. The van der Waals surface area contributed by atoms with E-state index in [0.29, 0.717) is 17.1 Å². The van der Waals surface area contributed by atoms with Gasteiger partial charge in [-0.3, -0.25) is 9.69 Å². The summed E-state index contributed by atoms with van der Waals surface area (Å²) in [5.74, 6) is -0.581. The van der Waals surface area contributed by atoms with Crippen LogP contribution >= 0.6 is 11.8 Å². The quantitative estimate of drug-likeness (QED) is 0.851. The number of fused-ring (bicyclic) bond motifs is 1. The summed E-state index contributed by atoms with van der Waals surface area (Å²) in [5, 5.41) is 17.7. The van der Waals surface area contributed by atoms with E-state index in [1.165, 1.54) is 22.7 Å². The van der Waals surface area contributed by atoms with Crippen LogP contribution in [0.25, 0.3) is 0 Å². The number of hydrogen-bond donors (Lipinski definition) is 1. The summed E-state index contributed by atoms with van der Waals surface area (Å²) in [6, 6.07) is 8.56. The molecule has 1 saturated heterocycles. The first-order valence-corrected chi connectivity index (χ1v) is 7.60. The van der Waals surface area contributed by atoms with Gasteiger partial charge in [-0.2, -0.15) is 5.26 Å². The average molecular weight is 316 g/mol. The van der Waals surface area contributed by atoms with Crippen LogP contribution in [0.15, 0.2) is 36.0 Å². The van der Waals surface area contributed by atoms with Crippen LogP contribution in [0.2, 0.25) is 0 Å². The summed E-state index contributed by atoms with van der Waals surface area (Å²) in [5.41, 5.74) is -0.694. The Kier molecular flexibility index (Phi) is 3.34. The third-order valence-corrected chi connectivity index (χ3v) is 4.99. The first-order valence-electron chi connectivity index (χ1n) is 6.55. The zero-order chi connectivity index (χ0) is 15.9. The van der Waals surface area contributed by atoms with E-state index in [0.717, 1.165) is 0 Å². The number of carboxylic acid groups (broad SMARTS) is 1. The number of rotatable bonds is 3. The second kappa shape index (κ2) is 5.07. The largest absolute Gasteiger partial charge is 0.477 e. The van der Waals surface area contributed by atoms with Crippen LogP contribution in [0.1, 0.15) is 12.5 Å². The Balaban J connectivity index is 1.86. The highest BCUT2D eigenvalue weighted by Crippen LogP contribution is 2.46. The van der Waals surface area contributed by atoms with Crippen molar-refractivity contribution in [1.82, 2.24) is 4.90 Å². The lowest BCUT2D eigenvalue weighted by Crippen LogP contribution is -2.74. The molecule has 0 spiro atoms. The van der Waals surface area contributed by atoms with Crippen molar-refractivity contribution >= 4 is 23.6 Å². The number of carboxylic acids is 1. The van der Waals surface area contributed by atoms with Crippen LogP contribution in [0, 0.1) is 11.3 Å². The van der Waals surface area contributed by atoms with E-state index in [-0.39, 0.29) is 17.0 Å². The van der Waals surface area contributed by atoms with Gasteiger partial charge >= 0.3 is 5.97 Å². The number of hydrogen-bond acceptors (Lipinski definition) is 5. The number of thioether (sulfide) groups is 1. The zero-order valence-corrected chi connectivity index (χ0v) is 12.5. The van der Waals surface area contributed by atoms with Crippen LogP contribution in [0.4, 0.5) is 0 Å². The van der Waals surface area contributed by atoms with Crippen molar-refractivity contribution in [2.45, 2.75) is 17.9 Å². The molecular formula is C15H12N2O4S. The van der Waals surface area contributed by atoms with Crippen molar-refractivity contribution in [3.63, 3.8) is 0 Å². The monoisotopic (exact) mass is 316 g/mol. The predicted octanol–water partition coefficient (Wildman–Crippen LogP) is 1.58. The van der Waals surface area contributed by atoms with Crippen LogP contribution in [0.3, 0.4) is 0 Å². The second-order valence-electron chi connectivity index (χ2n) is 5.10. The van der Waals surface area contributed by atoms with E-state index < -0.39 is 11.6 Å². The number of carbonyl (C=O) groups is 2. The lowest BCUT2D eigenvalue weighted by atomic mass is 9.92. The number of aliphatic carboxylic acids is 1. The topological polar surface area (TPSA) is 90.6 Å². The minimum atomic E-state index is -1.13. The molecule has 2 atom stereocenters. The van der Waals surface area contributed by atoms with E-state index in [9.17, 15) is 9.59 Å². The SMILES string of the molecule is CC1(Oc2cccc(C#N)c2)C(=O)N2C(C(=O)O)=CCS[C@H]21. The molecule has 0 radical (unpaired) electrons. The van der Waals surface area contributed by atoms with Gasteiger partial charge in [0.1, 0.15) is 16.8 Å². The molecule has 22 heavy (non-hydrogen) atoms. The Morgan fingerprint density at radius 3 is 3.05 bits per heavy atom. The summed E-state index contributed by atoms with van der Waals surface area (Å²) in [6.45, 7) is 1.65.